The van der Waals surface area contributed by atoms with Gasteiger partial charge < -0.3 is 4.90 Å². The molecule has 4 rings (SSSR count). The molecule has 0 bridgehead atoms. The Bertz CT molecular complexity index is 1140. The van der Waals surface area contributed by atoms with Gasteiger partial charge in [0.2, 0.25) is 0 Å². The zero-order chi connectivity index (χ0) is 20.1. The van der Waals surface area contributed by atoms with E-state index in [2.05, 4.69) is 4.98 Å². The molecule has 4 nitrogen and oxygen atoms in total. The Balaban J connectivity index is 1.81. The molecular formula is C21H18F3N3O. The van der Waals surface area contributed by atoms with Gasteiger partial charge in [0, 0.05) is 26.3 Å². The molecule has 7 heteroatoms. The van der Waals surface area contributed by atoms with Crippen molar-refractivity contribution in [2.45, 2.75) is 19.1 Å². The molecule has 0 unspecified atom stereocenters. The molecule has 2 heterocycles. The smallest absolute Gasteiger partial charge is 0.378 e. The highest BCUT2D eigenvalue weighted by atomic mass is 19.4. The number of halogens is 3. The Morgan fingerprint density at radius 3 is 2.46 bits per heavy atom. The van der Waals surface area contributed by atoms with Crippen LogP contribution in [0, 0.1) is 0 Å². The molecule has 1 aromatic heterocycles. The van der Waals surface area contributed by atoms with Gasteiger partial charge in [0.15, 0.2) is 0 Å². The van der Waals surface area contributed by atoms with Crippen LogP contribution in [0.25, 0.3) is 22.6 Å². The topological polar surface area (TPSA) is 38.1 Å². The van der Waals surface area contributed by atoms with Crippen molar-refractivity contribution in [3.8, 4) is 0 Å². The summed E-state index contributed by atoms with van der Waals surface area (Å²) >= 11 is 0. The summed E-state index contributed by atoms with van der Waals surface area (Å²) in [5.41, 5.74) is 1.82. The molecule has 0 aliphatic carbocycles. The van der Waals surface area contributed by atoms with Crippen molar-refractivity contribution in [1.29, 1.82) is 0 Å². The molecule has 0 atom stereocenters. The summed E-state index contributed by atoms with van der Waals surface area (Å²) in [7, 11) is 3.91. The first-order chi connectivity index (χ1) is 13.2. The summed E-state index contributed by atoms with van der Waals surface area (Å²) in [6.07, 6.45) is -1.93. The number of benzene rings is 2. The highest BCUT2D eigenvalue weighted by Gasteiger charge is 2.31. The lowest BCUT2D eigenvalue weighted by molar-refractivity contribution is -0.137. The maximum Gasteiger partial charge on any atom is 0.416 e. The van der Waals surface area contributed by atoms with Gasteiger partial charge in [0.05, 0.1) is 16.5 Å². The second kappa shape index (κ2) is 6.51. The first-order valence-electron chi connectivity index (χ1n) is 8.84. The fraction of sp³-hybridized carbons (Fsp3) is 0.238. The van der Waals surface area contributed by atoms with E-state index in [0.29, 0.717) is 18.8 Å². The molecule has 1 aliphatic heterocycles. The van der Waals surface area contributed by atoms with E-state index < -0.39 is 11.7 Å². The Kier molecular flexibility index (Phi) is 4.25. The van der Waals surface area contributed by atoms with Crippen molar-refractivity contribution in [2.75, 3.05) is 19.0 Å². The quantitative estimate of drug-likeness (QED) is 0.655. The summed E-state index contributed by atoms with van der Waals surface area (Å²) in [6.45, 7) is 0.472. The number of nitrogens with zero attached hydrogens (tertiary/aromatic N) is 3. The molecule has 2 aromatic carbocycles. The Morgan fingerprint density at radius 1 is 1.11 bits per heavy atom. The van der Waals surface area contributed by atoms with Crippen molar-refractivity contribution in [3.63, 3.8) is 0 Å². The van der Waals surface area contributed by atoms with Crippen LogP contribution in [0.5, 0.6) is 0 Å². The van der Waals surface area contributed by atoms with Crippen molar-refractivity contribution in [3.05, 3.63) is 69.8 Å². The van der Waals surface area contributed by atoms with E-state index in [-0.39, 0.29) is 16.5 Å². The van der Waals surface area contributed by atoms with E-state index in [1.54, 1.807) is 0 Å². The average molecular weight is 385 g/mol. The number of hydrogen-bond acceptors (Lipinski definition) is 3. The fourth-order valence-corrected chi connectivity index (χ4v) is 3.40. The lowest BCUT2D eigenvalue weighted by Crippen LogP contribution is -2.21. The van der Waals surface area contributed by atoms with Gasteiger partial charge in [-0.1, -0.05) is 12.1 Å². The average Bonchev–Trinajstić information content (AvgIpc) is 3.04. The number of hydrogen-bond donors (Lipinski definition) is 0. The molecule has 3 aromatic rings. The summed E-state index contributed by atoms with van der Waals surface area (Å²) in [4.78, 5) is 19.1. The lowest BCUT2D eigenvalue weighted by atomic mass is 10.1. The molecule has 0 spiro atoms. The SMILES string of the molecule is CN(C)c1ccc(C=C2CCn3c2nc2cc(C(F)(F)F)ccc2c3=O)cc1. The normalized spacial score (nSPS) is 15.2. The summed E-state index contributed by atoms with van der Waals surface area (Å²) < 4.78 is 40.6. The molecule has 28 heavy (non-hydrogen) atoms. The van der Waals surface area contributed by atoms with E-state index in [1.165, 1.54) is 10.6 Å². The van der Waals surface area contributed by atoms with E-state index >= 15 is 0 Å². The minimum atomic E-state index is -4.47. The highest BCUT2D eigenvalue weighted by Crippen LogP contribution is 2.32. The van der Waals surface area contributed by atoms with E-state index in [9.17, 15) is 18.0 Å². The van der Waals surface area contributed by atoms with E-state index in [4.69, 9.17) is 0 Å². The monoisotopic (exact) mass is 385 g/mol. The van der Waals surface area contributed by atoms with Gasteiger partial charge in [-0.25, -0.2) is 4.98 Å². The van der Waals surface area contributed by atoms with Crippen LogP contribution in [0.2, 0.25) is 0 Å². The number of alkyl halides is 3. The van der Waals surface area contributed by atoms with Gasteiger partial charge in [-0.15, -0.1) is 0 Å². The number of fused-ring (bicyclic) bond motifs is 2. The predicted octanol–water partition coefficient (Wildman–Crippen LogP) is 4.43. The van der Waals surface area contributed by atoms with Crippen molar-refractivity contribution >= 4 is 28.2 Å². The van der Waals surface area contributed by atoms with Gasteiger partial charge in [-0.05, 0) is 54.0 Å². The molecule has 0 saturated carbocycles. The van der Waals surface area contributed by atoms with Crippen LogP contribution in [0.4, 0.5) is 18.9 Å². The zero-order valence-corrected chi connectivity index (χ0v) is 15.4. The van der Waals surface area contributed by atoms with Crippen LogP contribution < -0.4 is 10.5 Å². The first-order valence-corrected chi connectivity index (χ1v) is 8.84. The van der Waals surface area contributed by atoms with Crippen molar-refractivity contribution in [2.24, 2.45) is 0 Å². The van der Waals surface area contributed by atoms with Crippen LogP contribution in [0.15, 0.2) is 47.3 Å². The maximum absolute atomic E-state index is 13.0. The number of anilines is 1. The molecule has 0 N–H and O–H groups in total. The molecular weight excluding hydrogens is 367 g/mol. The molecule has 0 amide bonds. The van der Waals surface area contributed by atoms with Crippen molar-refractivity contribution in [1.82, 2.24) is 9.55 Å². The molecule has 0 fully saturated rings. The zero-order valence-electron chi connectivity index (χ0n) is 15.4. The van der Waals surface area contributed by atoms with E-state index in [1.807, 2.05) is 49.3 Å². The highest BCUT2D eigenvalue weighted by molar-refractivity contribution is 5.85. The summed E-state index contributed by atoms with van der Waals surface area (Å²) in [5, 5.41) is 0.202. The lowest BCUT2D eigenvalue weighted by Gasteiger charge is -2.12. The number of aromatic nitrogens is 2. The van der Waals surface area contributed by atoms with Crippen LogP contribution in [0.3, 0.4) is 0 Å². The van der Waals surface area contributed by atoms with Gasteiger partial charge in [-0.2, -0.15) is 13.2 Å². The second-order valence-corrected chi connectivity index (χ2v) is 7.03. The standard InChI is InChI=1S/C21H18F3N3O/c1-26(2)16-6-3-13(4-7-16)11-14-9-10-27-19(14)25-18-12-15(21(22,23)24)5-8-17(18)20(27)28/h3-8,11-12H,9-10H2,1-2H3. The van der Waals surface area contributed by atoms with Gasteiger partial charge in [0.1, 0.15) is 5.82 Å². The van der Waals surface area contributed by atoms with Crippen molar-refractivity contribution < 1.29 is 13.2 Å². The summed E-state index contributed by atoms with van der Waals surface area (Å²) in [6, 6.07) is 11.0. The second-order valence-electron chi connectivity index (χ2n) is 7.03. The Hall–Kier alpha value is -3.09. The number of rotatable bonds is 2. The first kappa shape index (κ1) is 18.3. The molecule has 144 valence electrons. The number of allylic oxidation sites excluding steroid dienone is 1. The molecule has 0 radical (unpaired) electrons. The third-order valence-electron chi connectivity index (χ3n) is 4.92. The van der Waals surface area contributed by atoms with E-state index in [0.717, 1.165) is 29.0 Å². The Labute approximate surface area is 159 Å². The third-order valence-corrected chi connectivity index (χ3v) is 4.92. The van der Waals surface area contributed by atoms with Crippen LogP contribution >= 0.6 is 0 Å². The van der Waals surface area contributed by atoms with Gasteiger partial charge in [-0.3, -0.25) is 9.36 Å². The third kappa shape index (κ3) is 3.17. The predicted molar refractivity (Wildman–Crippen MR) is 104 cm³/mol. The minimum absolute atomic E-state index is 0.0711. The fourth-order valence-electron chi connectivity index (χ4n) is 3.40. The van der Waals surface area contributed by atoms with Gasteiger partial charge in [0.25, 0.3) is 5.56 Å². The summed E-state index contributed by atoms with van der Waals surface area (Å²) in [5.74, 6) is 0.438. The molecule has 1 aliphatic rings. The van der Waals surface area contributed by atoms with Crippen LogP contribution in [0.1, 0.15) is 23.4 Å². The Morgan fingerprint density at radius 2 is 1.82 bits per heavy atom. The largest absolute Gasteiger partial charge is 0.416 e. The minimum Gasteiger partial charge on any atom is -0.378 e. The maximum atomic E-state index is 13.0. The van der Waals surface area contributed by atoms with Crippen LogP contribution in [-0.2, 0) is 12.7 Å². The van der Waals surface area contributed by atoms with Gasteiger partial charge >= 0.3 is 6.18 Å². The molecule has 0 saturated heterocycles. The van der Waals surface area contributed by atoms with Crippen LogP contribution in [-0.4, -0.2) is 23.6 Å².